The smallest absolute Gasteiger partial charge is 0.390 e. The van der Waals surface area contributed by atoms with Gasteiger partial charge in [-0.05, 0) is 6.92 Å². The zero-order valence-electron chi connectivity index (χ0n) is 7.16. The van der Waals surface area contributed by atoms with E-state index in [2.05, 4.69) is 4.52 Å². The quantitative estimate of drug-likeness (QED) is 0.552. The van der Waals surface area contributed by atoms with Crippen LogP contribution < -0.4 is 0 Å². The molecule has 1 heterocycles. The molecule has 0 radical (unpaired) electrons. The fourth-order valence-corrected chi connectivity index (χ4v) is 1.60. The summed E-state index contributed by atoms with van der Waals surface area (Å²) >= 11 is 0. The highest BCUT2D eigenvalue weighted by molar-refractivity contribution is 7.46. The minimum Gasteiger partial charge on any atom is -0.390 e. The van der Waals surface area contributed by atoms with Crippen LogP contribution >= 0.6 is 7.82 Å². The summed E-state index contributed by atoms with van der Waals surface area (Å²) in [6.07, 6.45) is -0.973. The topological polar surface area (TPSA) is 96.2 Å². The molecule has 0 aromatic carbocycles. The highest BCUT2D eigenvalue weighted by atomic mass is 31.2. The van der Waals surface area contributed by atoms with Gasteiger partial charge in [-0.15, -0.1) is 0 Å². The predicted molar refractivity (Wildman–Crippen MR) is 43.0 cm³/mol. The normalized spacial score (nSPS) is 35.2. The average molecular weight is 212 g/mol. The van der Waals surface area contributed by atoms with E-state index in [1.807, 2.05) is 0 Å². The van der Waals surface area contributed by atoms with Crippen molar-refractivity contribution in [2.75, 3.05) is 6.61 Å². The lowest BCUT2D eigenvalue weighted by molar-refractivity contribution is -0.0168. The van der Waals surface area contributed by atoms with Gasteiger partial charge >= 0.3 is 7.82 Å². The number of hydrogen-bond donors (Lipinski definition) is 3. The SMILES string of the molecule is CC1C[C@H](O)C(COP(=O)(O)O)O1. The Bertz CT molecular complexity index is 213. The molecule has 7 heteroatoms. The molecule has 6 nitrogen and oxygen atoms in total. The maximum Gasteiger partial charge on any atom is 0.469 e. The molecule has 0 amide bonds. The van der Waals surface area contributed by atoms with E-state index >= 15 is 0 Å². The zero-order valence-corrected chi connectivity index (χ0v) is 8.05. The Morgan fingerprint density at radius 2 is 2.23 bits per heavy atom. The van der Waals surface area contributed by atoms with E-state index in [0.29, 0.717) is 6.42 Å². The van der Waals surface area contributed by atoms with Gasteiger partial charge in [0.2, 0.25) is 0 Å². The molecule has 0 saturated carbocycles. The van der Waals surface area contributed by atoms with E-state index in [9.17, 15) is 9.67 Å². The van der Waals surface area contributed by atoms with Gasteiger partial charge in [0.05, 0.1) is 18.8 Å². The molecule has 3 N–H and O–H groups in total. The lowest BCUT2D eigenvalue weighted by atomic mass is 10.1. The number of rotatable bonds is 3. The summed E-state index contributed by atoms with van der Waals surface area (Å²) in [5.41, 5.74) is 0. The van der Waals surface area contributed by atoms with Gasteiger partial charge in [0.1, 0.15) is 6.10 Å². The molecule has 0 aromatic rings. The van der Waals surface area contributed by atoms with Crippen LogP contribution in [0.2, 0.25) is 0 Å². The third-order valence-corrected chi connectivity index (χ3v) is 2.30. The average Bonchev–Trinajstić information content (AvgIpc) is 2.24. The van der Waals surface area contributed by atoms with Crippen LogP contribution in [0.1, 0.15) is 13.3 Å². The van der Waals surface area contributed by atoms with Crippen LogP contribution in [-0.4, -0.2) is 39.8 Å². The molecule has 3 atom stereocenters. The second-order valence-electron chi connectivity index (χ2n) is 3.07. The van der Waals surface area contributed by atoms with Gasteiger partial charge in [-0.1, -0.05) is 0 Å². The second-order valence-corrected chi connectivity index (χ2v) is 4.31. The molecule has 78 valence electrons. The van der Waals surface area contributed by atoms with Crippen LogP contribution in [0.15, 0.2) is 0 Å². The van der Waals surface area contributed by atoms with Crippen molar-refractivity contribution in [3.8, 4) is 0 Å². The fourth-order valence-electron chi connectivity index (χ4n) is 1.26. The van der Waals surface area contributed by atoms with Gasteiger partial charge in [-0.2, -0.15) is 0 Å². The number of ether oxygens (including phenoxy) is 1. The molecule has 1 aliphatic rings. The summed E-state index contributed by atoms with van der Waals surface area (Å²) in [6, 6.07) is 0. The number of phosphoric acid groups is 1. The Labute approximate surface area is 75.7 Å². The number of aliphatic hydroxyl groups is 1. The van der Waals surface area contributed by atoms with Crippen molar-refractivity contribution >= 4 is 7.82 Å². The van der Waals surface area contributed by atoms with Crippen LogP contribution in [0, 0.1) is 0 Å². The molecule has 0 bridgehead atoms. The minimum absolute atomic E-state index is 0.0969. The maximum absolute atomic E-state index is 10.3. The molecular weight excluding hydrogens is 199 g/mol. The third-order valence-electron chi connectivity index (χ3n) is 1.82. The molecule has 2 unspecified atom stereocenters. The molecule has 0 aliphatic carbocycles. The van der Waals surface area contributed by atoms with E-state index in [-0.39, 0.29) is 12.7 Å². The summed E-state index contributed by atoms with van der Waals surface area (Å²) in [6.45, 7) is 1.50. The highest BCUT2D eigenvalue weighted by Gasteiger charge is 2.33. The Hall–Kier alpha value is 0.0300. The summed E-state index contributed by atoms with van der Waals surface area (Å²) in [4.78, 5) is 16.8. The van der Waals surface area contributed by atoms with E-state index in [4.69, 9.17) is 14.5 Å². The summed E-state index contributed by atoms with van der Waals surface area (Å²) in [7, 11) is -4.46. The third kappa shape index (κ3) is 3.72. The van der Waals surface area contributed by atoms with Crippen molar-refractivity contribution in [2.24, 2.45) is 0 Å². The lowest BCUT2D eigenvalue weighted by Gasteiger charge is -2.14. The molecule has 1 rings (SSSR count). The van der Waals surface area contributed by atoms with E-state index in [1.54, 1.807) is 6.92 Å². The van der Waals surface area contributed by atoms with Crippen molar-refractivity contribution in [1.82, 2.24) is 0 Å². The molecular formula is C6H13O6P. The molecule has 0 aromatic heterocycles. The first-order chi connectivity index (χ1) is 5.88. The van der Waals surface area contributed by atoms with Crippen LogP contribution in [0.3, 0.4) is 0 Å². The highest BCUT2D eigenvalue weighted by Crippen LogP contribution is 2.37. The van der Waals surface area contributed by atoms with Gasteiger partial charge in [0.15, 0.2) is 0 Å². The maximum atomic E-state index is 10.3. The molecule has 1 saturated heterocycles. The van der Waals surface area contributed by atoms with Gasteiger partial charge in [0.25, 0.3) is 0 Å². The second kappa shape index (κ2) is 4.04. The Kier molecular flexibility index (Phi) is 3.45. The lowest BCUT2D eigenvalue weighted by Crippen LogP contribution is -2.25. The van der Waals surface area contributed by atoms with Gasteiger partial charge in [0, 0.05) is 6.42 Å². The fraction of sp³-hybridized carbons (Fsp3) is 1.00. The van der Waals surface area contributed by atoms with Crippen LogP contribution in [-0.2, 0) is 13.8 Å². The molecule has 13 heavy (non-hydrogen) atoms. The van der Waals surface area contributed by atoms with Crippen molar-refractivity contribution in [3.63, 3.8) is 0 Å². The van der Waals surface area contributed by atoms with Gasteiger partial charge < -0.3 is 19.6 Å². The standard InChI is InChI=1S/C6H13O6P/c1-4-2-5(7)6(12-4)3-11-13(8,9)10/h4-7H,2-3H2,1H3,(H2,8,9,10)/t4?,5-,6?/m0/s1. The first kappa shape index (κ1) is 11.1. The van der Waals surface area contributed by atoms with E-state index in [1.165, 1.54) is 0 Å². The van der Waals surface area contributed by atoms with Crippen LogP contribution in [0.4, 0.5) is 0 Å². The predicted octanol–water partition coefficient (Wildman–Crippen LogP) is -0.366. The van der Waals surface area contributed by atoms with Crippen molar-refractivity contribution in [1.29, 1.82) is 0 Å². The number of hydrogen-bond acceptors (Lipinski definition) is 4. The Balaban J connectivity index is 2.34. The van der Waals surface area contributed by atoms with Crippen LogP contribution in [0.25, 0.3) is 0 Å². The first-order valence-corrected chi connectivity index (χ1v) is 5.45. The number of phosphoric ester groups is 1. The van der Waals surface area contributed by atoms with Crippen molar-refractivity contribution in [3.05, 3.63) is 0 Å². The zero-order chi connectivity index (χ0) is 10.1. The van der Waals surface area contributed by atoms with Gasteiger partial charge in [-0.25, -0.2) is 4.57 Å². The Morgan fingerprint density at radius 3 is 2.62 bits per heavy atom. The molecule has 0 spiro atoms. The monoisotopic (exact) mass is 212 g/mol. The van der Waals surface area contributed by atoms with Gasteiger partial charge in [-0.3, -0.25) is 4.52 Å². The van der Waals surface area contributed by atoms with Crippen molar-refractivity contribution in [2.45, 2.75) is 31.7 Å². The molecule has 1 aliphatic heterocycles. The summed E-state index contributed by atoms with van der Waals surface area (Å²) in [5.74, 6) is 0. The first-order valence-electron chi connectivity index (χ1n) is 3.92. The van der Waals surface area contributed by atoms with Crippen LogP contribution in [0.5, 0.6) is 0 Å². The van der Waals surface area contributed by atoms with E-state index < -0.39 is 20.0 Å². The van der Waals surface area contributed by atoms with Crippen molar-refractivity contribution < 1.29 is 28.7 Å². The largest absolute Gasteiger partial charge is 0.469 e. The molecule has 1 fully saturated rings. The summed E-state index contributed by atoms with van der Waals surface area (Å²) < 4.78 is 19.7. The number of aliphatic hydroxyl groups excluding tert-OH is 1. The minimum atomic E-state index is -4.46. The summed E-state index contributed by atoms with van der Waals surface area (Å²) in [5, 5.41) is 9.30. The van der Waals surface area contributed by atoms with E-state index in [0.717, 1.165) is 0 Å². The Morgan fingerprint density at radius 1 is 1.62 bits per heavy atom.